The predicted octanol–water partition coefficient (Wildman–Crippen LogP) is 6.01. The highest BCUT2D eigenvalue weighted by Gasteiger charge is 2.45. The number of nitrogens with one attached hydrogen (secondary N) is 1. The summed E-state index contributed by atoms with van der Waals surface area (Å²) in [5.41, 5.74) is 0.569. The lowest BCUT2D eigenvalue weighted by Gasteiger charge is -2.37. The van der Waals surface area contributed by atoms with E-state index in [0.717, 1.165) is 16.7 Å². The summed E-state index contributed by atoms with van der Waals surface area (Å²) in [7, 11) is 0.627. The SMILES string of the molecule is CC[N+](CC)(CC)OP([O])O[C@H]1C[C@H](n2cc(C)c(=O)[nH]c2=O)O[C@@H]1COC(c1ccccc1)(c1ccc(OC)cc1)c1ccc(OC)cc1. The molecule has 0 bridgehead atoms. The molecular weight excluding hydrogens is 661 g/mol. The fourth-order valence-electron chi connectivity index (χ4n) is 6.33. The quantitative estimate of drug-likeness (QED) is 0.0649. The normalized spacial score (nSPS) is 18.6. The maximum absolute atomic E-state index is 13.5. The number of H-pyrrole nitrogens is 1. The van der Waals surface area contributed by atoms with Gasteiger partial charge in [-0.1, -0.05) is 54.6 Å². The zero-order valence-corrected chi connectivity index (χ0v) is 30.3. The topological polar surface area (TPSA) is 130 Å². The van der Waals surface area contributed by atoms with Gasteiger partial charge in [0, 0.05) is 18.2 Å². The standard InChI is InChI=1S/C37H45N3O9P/c1-7-40(8-2,9-3)49-50(43)48-32-23-34(39-24-26(4)35(41)38-36(39)42)47-33(32)25-46-37(27-13-11-10-12-14-27,28-15-19-30(44-5)20-16-28)29-17-21-31(45-6)22-18-29/h10-22,24,32-34H,7-9,23,25H2,1-6H3/p+1/t32-,33+,34+,50?/m0/s1. The summed E-state index contributed by atoms with van der Waals surface area (Å²) < 4.78 is 38.1. The van der Waals surface area contributed by atoms with E-state index in [1.54, 1.807) is 21.1 Å². The minimum atomic E-state index is -2.60. The van der Waals surface area contributed by atoms with Gasteiger partial charge in [0.05, 0.1) is 26.9 Å². The number of hydrogen-bond acceptors (Lipinski definition) is 8. The Kier molecular flexibility index (Phi) is 12.3. The number of rotatable bonds is 16. The first-order valence-electron chi connectivity index (χ1n) is 16.8. The Balaban J connectivity index is 1.56. The van der Waals surface area contributed by atoms with Crippen LogP contribution in [0.1, 0.15) is 55.7 Å². The minimum Gasteiger partial charge on any atom is -0.497 e. The van der Waals surface area contributed by atoms with Crippen molar-refractivity contribution in [2.24, 2.45) is 0 Å². The van der Waals surface area contributed by atoms with E-state index in [1.165, 1.54) is 10.8 Å². The second-order valence-corrected chi connectivity index (χ2v) is 12.9. The Bertz CT molecular complexity index is 1740. The smallest absolute Gasteiger partial charge is 0.421 e. The summed E-state index contributed by atoms with van der Waals surface area (Å²) >= 11 is 0. The molecule has 12 nitrogen and oxygen atoms in total. The Morgan fingerprint density at radius 2 is 1.40 bits per heavy atom. The number of aryl methyl sites for hydroxylation is 1. The second kappa shape index (κ2) is 16.4. The van der Waals surface area contributed by atoms with Gasteiger partial charge in [0.2, 0.25) is 0 Å². The molecule has 267 valence electrons. The molecule has 13 heteroatoms. The molecule has 2 heterocycles. The van der Waals surface area contributed by atoms with Gasteiger partial charge in [-0.2, -0.15) is 4.65 Å². The van der Waals surface area contributed by atoms with Crippen molar-refractivity contribution in [3.63, 3.8) is 0 Å². The maximum Gasteiger partial charge on any atom is 0.421 e. The number of ether oxygens (including phenoxy) is 4. The van der Waals surface area contributed by atoms with Gasteiger partial charge >= 0.3 is 14.3 Å². The van der Waals surface area contributed by atoms with E-state index in [4.69, 9.17) is 28.1 Å². The Labute approximate surface area is 293 Å². The van der Waals surface area contributed by atoms with Gasteiger partial charge in [0.15, 0.2) is 0 Å². The van der Waals surface area contributed by atoms with Gasteiger partial charge in [0.1, 0.15) is 49.1 Å². The average molecular weight is 708 g/mol. The van der Waals surface area contributed by atoms with Crippen LogP contribution in [0.2, 0.25) is 0 Å². The number of nitrogens with zero attached hydrogens (tertiary/aromatic N) is 2. The number of methoxy groups -OCH3 is 2. The molecule has 4 atom stereocenters. The fraction of sp³-hybridized carbons (Fsp3) is 0.405. The van der Waals surface area contributed by atoms with Crippen molar-refractivity contribution in [3.05, 3.63) is 128 Å². The molecule has 1 aliphatic rings. The third-order valence-corrected chi connectivity index (χ3v) is 10.4. The molecule has 0 saturated carbocycles. The zero-order valence-electron chi connectivity index (χ0n) is 29.4. The Morgan fingerprint density at radius 3 is 1.92 bits per heavy atom. The molecule has 1 N–H and O–H groups in total. The number of aromatic nitrogens is 2. The van der Waals surface area contributed by atoms with E-state index in [-0.39, 0.29) is 17.7 Å². The van der Waals surface area contributed by atoms with Gasteiger partial charge in [0.25, 0.3) is 5.56 Å². The summed E-state index contributed by atoms with van der Waals surface area (Å²) in [5, 5.41) is 0. The lowest BCUT2D eigenvalue weighted by Crippen LogP contribution is -2.46. The van der Waals surface area contributed by atoms with Crippen molar-refractivity contribution in [1.29, 1.82) is 0 Å². The number of quaternary nitrogens is 1. The molecule has 50 heavy (non-hydrogen) atoms. The van der Waals surface area contributed by atoms with Crippen LogP contribution >= 0.6 is 8.60 Å². The Morgan fingerprint density at radius 1 is 0.860 bits per heavy atom. The van der Waals surface area contributed by atoms with E-state index in [0.29, 0.717) is 36.7 Å². The average Bonchev–Trinajstić information content (AvgIpc) is 3.54. The molecule has 0 aliphatic carbocycles. The highest BCUT2D eigenvalue weighted by molar-refractivity contribution is 7.40. The van der Waals surface area contributed by atoms with Crippen molar-refractivity contribution in [3.8, 4) is 11.5 Å². The van der Waals surface area contributed by atoms with Crippen LogP contribution in [0.4, 0.5) is 0 Å². The highest BCUT2D eigenvalue weighted by atomic mass is 31.2. The van der Waals surface area contributed by atoms with Crippen molar-refractivity contribution < 1.29 is 37.6 Å². The zero-order chi connectivity index (χ0) is 35.9. The fourth-order valence-corrected chi connectivity index (χ4v) is 7.44. The summed E-state index contributed by atoms with van der Waals surface area (Å²) in [6, 6.07) is 25.1. The van der Waals surface area contributed by atoms with E-state index in [2.05, 4.69) is 4.98 Å². The monoisotopic (exact) mass is 707 g/mol. The summed E-state index contributed by atoms with van der Waals surface area (Å²) in [6.07, 6.45) is -0.824. The summed E-state index contributed by atoms with van der Waals surface area (Å²) in [5.74, 6) is 1.37. The van der Waals surface area contributed by atoms with Crippen LogP contribution in [-0.4, -0.2) is 66.9 Å². The molecule has 1 unspecified atom stereocenters. The molecule has 1 fully saturated rings. The molecule has 0 amide bonds. The van der Waals surface area contributed by atoms with Crippen molar-refractivity contribution in [1.82, 2.24) is 9.55 Å². The van der Waals surface area contributed by atoms with Crippen LogP contribution in [-0.2, 0) is 29.1 Å². The number of hydrogen-bond donors (Lipinski definition) is 1. The van der Waals surface area contributed by atoms with Crippen LogP contribution in [0.15, 0.2) is 94.6 Å². The lowest BCUT2D eigenvalue weighted by molar-refractivity contribution is -1.08. The largest absolute Gasteiger partial charge is 0.497 e. The van der Waals surface area contributed by atoms with Gasteiger partial charge in [-0.25, -0.2) is 4.79 Å². The number of aromatic amines is 1. The van der Waals surface area contributed by atoms with Crippen molar-refractivity contribution >= 4 is 8.60 Å². The molecule has 1 aliphatic heterocycles. The Hall–Kier alpha value is -3.87. The first-order chi connectivity index (χ1) is 24.1. The molecule has 1 saturated heterocycles. The summed E-state index contributed by atoms with van der Waals surface area (Å²) in [4.78, 5) is 40.9. The van der Waals surface area contributed by atoms with Crippen LogP contribution in [0.3, 0.4) is 0 Å². The van der Waals surface area contributed by atoms with Crippen LogP contribution in [0.5, 0.6) is 11.5 Å². The lowest BCUT2D eigenvalue weighted by atomic mass is 9.80. The van der Waals surface area contributed by atoms with Gasteiger partial charge < -0.3 is 23.5 Å². The molecule has 5 rings (SSSR count). The van der Waals surface area contributed by atoms with E-state index >= 15 is 0 Å². The molecule has 1 radical (unpaired) electrons. The van der Waals surface area contributed by atoms with Gasteiger partial charge in [-0.3, -0.25) is 14.3 Å². The molecular formula is C37H46N3O9P+. The van der Waals surface area contributed by atoms with Gasteiger partial charge in [-0.05, 0) is 68.7 Å². The third kappa shape index (κ3) is 7.87. The number of hydroxylamine groups is 3. The van der Waals surface area contributed by atoms with Crippen molar-refractivity contribution in [2.45, 2.75) is 58.2 Å². The van der Waals surface area contributed by atoms with E-state index in [1.807, 2.05) is 99.6 Å². The predicted molar refractivity (Wildman–Crippen MR) is 188 cm³/mol. The van der Waals surface area contributed by atoms with E-state index in [9.17, 15) is 14.5 Å². The molecule has 1 aromatic heterocycles. The van der Waals surface area contributed by atoms with Crippen LogP contribution < -0.4 is 20.7 Å². The highest BCUT2D eigenvalue weighted by Crippen LogP contribution is 2.46. The first kappa shape index (κ1) is 37.4. The third-order valence-electron chi connectivity index (χ3n) is 9.46. The molecule has 3 aromatic carbocycles. The number of benzene rings is 3. The second-order valence-electron chi connectivity index (χ2n) is 12.1. The molecule has 0 spiro atoms. The van der Waals surface area contributed by atoms with Crippen LogP contribution in [0, 0.1) is 6.92 Å². The van der Waals surface area contributed by atoms with E-state index < -0.39 is 43.9 Å². The summed E-state index contributed by atoms with van der Waals surface area (Å²) in [6.45, 7) is 9.27. The van der Waals surface area contributed by atoms with Crippen molar-refractivity contribution in [2.75, 3.05) is 40.5 Å². The molecule has 4 aromatic rings. The minimum absolute atomic E-state index is 0.0380. The van der Waals surface area contributed by atoms with Gasteiger partial charge in [-0.15, -0.1) is 9.52 Å². The first-order valence-corrected chi connectivity index (χ1v) is 17.9. The van der Waals surface area contributed by atoms with Crippen LogP contribution in [0.25, 0.3) is 0 Å². The maximum atomic E-state index is 13.5.